The minimum atomic E-state index is -0.905. The first-order chi connectivity index (χ1) is 18.4. The first kappa shape index (κ1) is 30.2. The number of aryl methyl sites for hydroxylation is 1. The summed E-state index contributed by atoms with van der Waals surface area (Å²) in [6.45, 7) is 11.3. The van der Waals surface area contributed by atoms with Crippen LogP contribution < -0.4 is 11.1 Å². The molecule has 8 nitrogen and oxygen atoms in total. The number of rotatable bonds is 11. The third kappa shape index (κ3) is 7.41. The minimum absolute atomic E-state index is 0.0384. The molecular formula is C30H40N4O4S. The Hall–Kier alpha value is -3.33. The number of nitrogens with two attached hydrogens (primary N) is 1. The number of thiazole rings is 1. The second-order valence-corrected chi connectivity index (χ2v) is 11.8. The molecule has 3 rings (SSSR count). The number of likely N-dealkylation sites (tertiary alicyclic amines) is 1. The van der Waals surface area contributed by atoms with Gasteiger partial charge in [0.2, 0.25) is 11.8 Å². The molecule has 3 atom stereocenters. The molecule has 39 heavy (non-hydrogen) atoms. The highest BCUT2D eigenvalue weighted by atomic mass is 32.1. The van der Waals surface area contributed by atoms with E-state index in [2.05, 4.69) is 10.3 Å². The van der Waals surface area contributed by atoms with Crippen molar-refractivity contribution in [2.75, 3.05) is 6.54 Å². The van der Waals surface area contributed by atoms with Crippen molar-refractivity contribution in [1.82, 2.24) is 15.2 Å². The van der Waals surface area contributed by atoms with Gasteiger partial charge in [-0.1, -0.05) is 52.0 Å². The van der Waals surface area contributed by atoms with Gasteiger partial charge in [-0.3, -0.25) is 19.2 Å². The van der Waals surface area contributed by atoms with E-state index < -0.39 is 18.0 Å². The zero-order valence-electron chi connectivity index (χ0n) is 23.7. The van der Waals surface area contributed by atoms with E-state index in [0.717, 1.165) is 21.7 Å². The summed E-state index contributed by atoms with van der Waals surface area (Å²) in [6.07, 6.45) is 2.60. The zero-order chi connectivity index (χ0) is 28.9. The van der Waals surface area contributed by atoms with Crippen LogP contribution in [0.15, 0.2) is 41.5 Å². The van der Waals surface area contributed by atoms with Crippen LogP contribution in [0, 0.1) is 24.7 Å². The van der Waals surface area contributed by atoms with Gasteiger partial charge in [0.05, 0.1) is 22.1 Å². The van der Waals surface area contributed by atoms with Crippen molar-refractivity contribution < 1.29 is 19.2 Å². The summed E-state index contributed by atoms with van der Waals surface area (Å²) >= 11 is 1.56. The molecule has 1 aliphatic rings. The first-order valence-electron chi connectivity index (χ1n) is 13.5. The maximum absolute atomic E-state index is 13.6. The predicted molar refractivity (Wildman–Crippen MR) is 154 cm³/mol. The molecular weight excluding hydrogens is 512 g/mol. The number of hydrogen-bond donors (Lipinski definition) is 2. The lowest BCUT2D eigenvalue weighted by molar-refractivity contribution is -0.146. The van der Waals surface area contributed by atoms with Gasteiger partial charge in [-0.25, -0.2) is 4.98 Å². The Morgan fingerprint density at radius 2 is 1.82 bits per heavy atom. The highest BCUT2D eigenvalue weighted by Crippen LogP contribution is 2.30. The number of benzene rings is 1. The summed E-state index contributed by atoms with van der Waals surface area (Å²) in [4.78, 5) is 59.6. The molecule has 9 heteroatoms. The molecule has 210 valence electrons. The Morgan fingerprint density at radius 1 is 1.15 bits per heavy atom. The molecule has 2 amide bonds. The van der Waals surface area contributed by atoms with Crippen LogP contribution in [0.1, 0.15) is 71.2 Å². The molecule has 1 saturated heterocycles. The van der Waals surface area contributed by atoms with Crippen molar-refractivity contribution in [1.29, 1.82) is 0 Å². The summed E-state index contributed by atoms with van der Waals surface area (Å²) in [6, 6.07) is 6.58. The number of aromatic nitrogens is 1. The quantitative estimate of drug-likeness (QED) is 0.311. The van der Waals surface area contributed by atoms with E-state index in [1.807, 2.05) is 64.4 Å². The van der Waals surface area contributed by atoms with Crippen LogP contribution in [0.3, 0.4) is 0 Å². The van der Waals surface area contributed by atoms with Crippen molar-refractivity contribution >= 4 is 34.7 Å². The van der Waals surface area contributed by atoms with Crippen molar-refractivity contribution in [2.24, 2.45) is 23.5 Å². The Morgan fingerprint density at radius 3 is 2.36 bits per heavy atom. The molecule has 1 aromatic heterocycles. The van der Waals surface area contributed by atoms with Gasteiger partial charge in [0.25, 0.3) is 0 Å². The van der Waals surface area contributed by atoms with Crippen molar-refractivity contribution in [3.8, 4) is 10.4 Å². The van der Waals surface area contributed by atoms with Crippen LogP contribution in [-0.2, 0) is 19.2 Å². The van der Waals surface area contributed by atoms with E-state index in [0.29, 0.717) is 25.1 Å². The van der Waals surface area contributed by atoms with Gasteiger partial charge >= 0.3 is 0 Å². The number of ketones is 2. The number of hydrogen-bond acceptors (Lipinski definition) is 7. The number of Topliss-reactive ketones (excluding diaryl/α,β-unsaturated/α-hetero) is 1. The molecule has 3 N–H and O–H groups in total. The molecule has 2 unspecified atom stereocenters. The van der Waals surface area contributed by atoms with Gasteiger partial charge < -0.3 is 16.0 Å². The third-order valence-electron chi connectivity index (χ3n) is 7.13. The topological polar surface area (TPSA) is 122 Å². The monoisotopic (exact) mass is 552 g/mol. The van der Waals surface area contributed by atoms with Crippen LogP contribution in [0.4, 0.5) is 0 Å². The average molecular weight is 553 g/mol. The lowest BCUT2D eigenvalue weighted by Crippen LogP contribution is -2.50. The van der Waals surface area contributed by atoms with E-state index >= 15 is 0 Å². The lowest BCUT2D eigenvalue weighted by atomic mass is 9.89. The second-order valence-electron chi connectivity index (χ2n) is 11.0. The number of carbonyl (C=O) groups excluding carboxylic acids is 4. The molecule has 0 aliphatic carbocycles. The van der Waals surface area contributed by atoms with Crippen LogP contribution >= 0.6 is 11.3 Å². The highest BCUT2D eigenvalue weighted by Gasteiger charge is 2.40. The van der Waals surface area contributed by atoms with Crippen molar-refractivity contribution in [2.45, 2.75) is 72.9 Å². The molecule has 0 radical (unpaired) electrons. The maximum Gasteiger partial charge on any atom is 0.243 e. The first-order valence-corrected chi connectivity index (χ1v) is 14.4. The van der Waals surface area contributed by atoms with Gasteiger partial charge in [0.1, 0.15) is 17.7 Å². The van der Waals surface area contributed by atoms with E-state index in [1.165, 1.54) is 11.0 Å². The van der Waals surface area contributed by atoms with Gasteiger partial charge in [-0.2, -0.15) is 0 Å². The Kier molecular flexibility index (Phi) is 10.2. The molecule has 0 bridgehead atoms. The summed E-state index contributed by atoms with van der Waals surface area (Å²) < 4.78 is 0. The Balaban J connectivity index is 1.84. The fraction of sp³-hybridized carbons (Fsp3) is 0.500. The van der Waals surface area contributed by atoms with Gasteiger partial charge in [0.15, 0.2) is 5.78 Å². The van der Waals surface area contributed by atoms with Gasteiger partial charge in [-0.15, -0.1) is 11.3 Å². The van der Waals surface area contributed by atoms with E-state index in [1.54, 1.807) is 18.3 Å². The Bertz CT molecular complexity index is 1230. The van der Waals surface area contributed by atoms with Crippen molar-refractivity contribution in [3.63, 3.8) is 0 Å². The summed E-state index contributed by atoms with van der Waals surface area (Å²) in [5.74, 6) is -2.31. The number of nitrogens with one attached hydrogen (secondary N) is 1. The molecule has 1 aliphatic heterocycles. The highest BCUT2D eigenvalue weighted by molar-refractivity contribution is 7.13. The van der Waals surface area contributed by atoms with E-state index in [9.17, 15) is 19.2 Å². The second kappa shape index (κ2) is 13.2. The zero-order valence-corrected chi connectivity index (χ0v) is 24.5. The van der Waals surface area contributed by atoms with Crippen molar-refractivity contribution in [3.05, 3.63) is 52.8 Å². The standard InChI is InChI=1S/C30H40N4O4S/c1-17(2)25(35)15-23(21-9-11-22(12-10-21)28-20(6)32-16-39-28)33-29(37)24-8-7-13-34(24)30(38)27(18(3)4)26(36)14-19(5)31/h9-12,14,16-18,23-24,27H,7-8,13,15,31H2,1-6H3,(H,33,37)/t23-,24?,27?/m0/s1. The normalized spacial score (nSPS) is 17.4. The number of nitrogens with zero attached hydrogens (tertiary/aromatic N) is 2. The summed E-state index contributed by atoms with van der Waals surface area (Å²) in [5.41, 5.74) is 10.6. The molecule has 1 fully saturated rings. The Labute approximate surface area is 235 Å². The molecule has 1 aromatic carbocycles. The summed E-state index contributed by atoms with van der Waals surface area (Å²) in [5, 5.41) is 3.06. The lowest BCUT2D eigenvalue weighted by Gasteiger charge is -2.30. The number of allylic oxidation sites excluding steroid dienone is 2. The van der Waals surface area contributed by atoms with Crippen LogP contribution in [-0.4, -0.2) is 45.9 Å². The maximum atomic E-state index is 13.6. The van der Waals surface area contributed by atoms with Crippen LogP contribution in [0.25, 0.3) is 10.4 Å². The van der Waals surface area contributed by atoms with Gasteiger partial charge in [-0.05, 0) is 43.7 Å². The van der Waals surface area contributed by atoms with Crippen LogP contribution in [0.2, 0.25) is 0 Å². The van der Waals surface area contributed by atoms with Crippen LogP contribution in [0.5, 0.6) is 0 Å². The van der Waals surface area contributed by atoms with E-state index in [4.69, 9.17) is 5.73 Å². The SMILES string of the molecule is CC(N)=CC(=O)C(C(=O)N1CCCC1C(=O)N[C@@H](CC(=O)C(C)C)c1ccc(-c2scnc2C)cc1)C(C)C. The largest absolute Gasteiger partial charge is 0.402 e. The smallest absolute Gasteiger partial charge is 0.243 e. The van der Waals surface area contributed by atoms with E-state index in [-0.39, 0.29) is 41.6 Å². The minimum Gasteiger partial charge on any atom is -0.402 e. The average Bonchev–Trinajstić information content (AvgIpc) is 3.52. The predicted octanol–water partition coefficient (Wildman–Crippen LogP) is 4.59. The molecule has 2 heterocycles. The third-order valence-corrected chi connectivity index (χ3v) is 8.11. The van der Waals surface area contributed by atoms with Gasteiger partial charge in [0, 0.05) is 30.7 Å². The number of carbonyl (C=O) groups is 4. The molecule has 0 saturated carbocycles. The molecule has 2 aromatic rings. The molecule has 0 spiro atoms. The fourth-order valence-electron chi connectivity index (χ4n) is 4.93. The number of amides is 2. The fourth-order valence-corrected chi connectivity index (χ4v) is 5.75. The summed E-state index contributed by atoms with van der Waals surface area (Å²) in [7, 11) is 0.